The summed E-state index contributed by atoms with van der Waals surface area (Å²) in [5.74, 6) is 1.45. The predicted octanol–water partition coefficient (Wildman–Crippen LogP) is 3.56. The maximum atomic E-state index is 13.0. The molecule has 1 fully saturated rings. The summed E-state index contributed by atoms with van der Waals surface area (Å²) >= 11 is 0. The number of carbonyl (C=O) groups is 1. The Bertz CT molecular complexity index is 763. The summed E-state index contributed by atoms with van der Waals surface area (Å²) in [4.78, 5) is 14.9. The molecule has 2 aliphatic heterocycles. The number of hydrogen-bond acceptors (Lipinski definition) is 4. The monoisotopic (exact) mass is 352 g/mol. The number of anilines is 1. The summed E-state index contributed by atoms with van der Waals surface area (Å²) in [5.41, 5.74) is 1.76. The third-order valence-corrected chi connectivity index (χ3v) is 4.85. The van der Waals surface area contributed by atoms with Crippen LogP contribution in [0.25, 0.3) is 0 Å². The fourth-order valence-corrected chi connectivity index (χ4v) is 3.53. The molecule has 1 saturated heterocycles. The molecular formula is C21H24N2O3. The molecule has 1 unspecified atom stereocenters. The third-order valence-electron chi connectivity index (χ3n) is 4.85. The van der Waals surface area contributed by atoms with E-state index in [0.717, 1.165) is 37.2 Å². The summed E-state index contributed by atoms with van der Waals surface area (Å²) in [6.07, 6.45) is 2.93. The normalized spacial score (nSPS) is 19.5. The number of nitrogens with zero attached hydrogens (tertiary/aromatic N) is 1. The van der Waals surface area contributed by atoms with Gasteiger partial charge in [0.15, 0.2) is 11.5 Å². The number of para-hydroxylation sites is 1. The molecule has 2 aromatic rings. The van der Waals surface area contributed by atoms with Crippen molar-refractivity contribution in [1.82, 2.24) is 4.90 Å². The van der Waals surface area contributed by atoms with Gasteiger partial charge in [-0.2, -0.15) is 0 Å². The molecule has 136 valence electrons. The fraction of sp³-hybridized carbons (Fsp3) is 0.381. The van der Waals surface area contributed by atoms with E-state index in [2.05, 4.69) is 17.4 Å². The molecule has 2 aliphatic rings. The van der Waals surface area contributed by atoms with Crippen LogP contribution >= 0.6 is 0 Å². The molecule has 4 rings (SSSR count). The lowest BCUT2D eigenvalue weighted by molar-refractivity contribution is 0.0714. The number of carbonyl (C=O) groups excluding carboxylic acids is 1. The third kappa shape index (κ3) is 3.77. The van der Waals surface area contributed by atoms with Gasteiger partial charge in [-0.05, 0) is 43.2 Å². The van der Waals surface area contributed by atoms with E-state index in [4.69, 9.17) is 9.47 Å². The summed E-state index contributed by atoms with van der Waals surface area (Å²) in [6, 6.07) is 15.9. The molecule has 0 radical (unpaired) electrons. The topological polar surface area (TPSA) is 50.8 Å². The minimum atomic E-state index is 0.0557. The van der Waals surface area contributed by atoms with Crippen molar-refractivity contribution >= 4 is 11.6 Å². The van der Waals surface area contributed by atoms with E-state index >= 15 is 0 Å². The first-order valence-electron chi connectivity index (χ1n) is 9.30. The number of rotatable bonds is 3. The number of amides is 1. The molecule has 1 N–H and O–H groups in total. The zero-order chi connectivity index (χ0) is 17.8. The Balaban J connectivity index is 1.45. The van der Waals surface area contributed by atoms with E-state index in [-0.39, 0.29) is 11.9 Å². The van der Waals surface area contributed by atoms with E-state index in [1.54, 1.807) is 0 Å². The maximum Gasteiger partial charge on any atom is 0.254 e. The van der Waals surface area contributed by atoms with Crippen LogP contribution in [-0.4, -0.2) is 43.2 Å². The summed E-state index contributed by atoms with van der Waals surface area (Å²) in [5, 5.41) is 3.54. The predicted molar refractivity (Wildman–Crippen MR) is 101 cm³/mol. The second-order valence-corrected chi connectivity index (χ2v) is 6.81. The smallest absolute Gasteiger partial charge is 0.254 e. The Morgan fingerprint density at radius 2 is 1.81 bits per heavy atom. The van der Waals surface area contributed by atoms with Crippen LogP contribution in [0, 0.1) is 0 Å². The highest BCUT2D eigenvalue weighted by Gasteiger charge is 2.25. The van der Waals surface area contributed by atoms with Crippen molar-refractivity contribution in [3.05, 3.63) is 54.1 Å². The lowest BCUT2D eigenvalue weighted by Gasteiger charge is -2.34. The van der Waals surface area contributed by atoms with Crippen LogP contribution in [0.3, 0.4) is 0 Å². The van der Waals surface area contributed by atoms with Crippen LogP contribution in [-0.2, 0) is 0 Å². The molecule has 0 aromatic heterocycles. The van der Waals surface area contributed by atoms with E-state index in [1.165, 1.54) is 0 Å². The van der Waals surface area contributed by atoms with Gasteiger partial charge in [0.05, 0.1) is 13.2 Å². The molecule has 2 heterocycles. The summed E-state index contributed by atoms with van der Waals surface area (Å²) < 4.78 is 11.4. The summed E-state index contributed by atoms with van der Waals surface area (Å²) in [7, 11) is 0. The number of benzene rings is 2. The van der Waals surface area contributed by atoms with Gasteiger partial charge in [-0.3, -0.25) is 4.79 Å². The lowest BCUT2D eigenvalue weighted by Crippen LogP contribution is -2.45. The molecule has 0 saturated carbocycles. The van der Waals surface area contributed by atoms with Crippen molar-refractivity contribution in [2.75, 3.05) is 31.6 Å². The van der Waals surface area contributed by atoms with Gasteiger partial charge in [0, 0.05) is 36.8 Å². The minimum Gasteiger partial charge on any atom is -0.490 e. The zero-order valence-electron chi connectivity index (χ0n) is 14.8. The van der Waals surface area contributed by atoms with Crippen molar-refractivity contribution in [3.8, 4) is 11.5 Å². The first kappa shape index (κ1) is 16.8. The molecule has 0 aliphatic carbocycles. The highest BCUT2D eigenvalue weighted by atomic mass is 16.5. The van der Waals surface area contributed by atoms with Crippen LogP contribution in [0.2, 0.25) is 0 Å². The van der Waals surface area contributed by atoms with Crippen LogP contribution in [0.5, 0.6) is 11.5 Å². The van der Waals surface area contributed by atoms with E-state index < -0.39 is 0 Å². The number of likely N-dealkylation sites (tertiary alicyclic amines) is 1. The number of ether oxygens (including phenoxy) is 2. The quantitative estimate of drug-likeness (QED) is 0.918. The Morgan fingerprint density at radius 3 is 2.65 bits per heavy atom. The maximum absolute atomic E-state index is 13.0. The molecule has 5 heteroatoms. The Morgan fingerprint density at radius 1 is 1.00 bits per heavy atom. The Hall–Kier alpha value is -2.69. The second-order valence-electron chi connectivity index (χ2n) is 6.81. The van der Waals surface area contributed by atoms with E-state index in [1.807, 2.05) is 41.3 Å². The van der Waals surface area contributed by atoms with Gasteiger partial charge in [-0.1, -0.05) is 18.2 Å². The van der Waals surface area contributed by atoms with Gasteiger partial charge in [0.1, 0.15) is 0 Å². The van der Waals surface area contributed by atoms with Gasteiger partial charge in [-0.15, -0.1) is 0 Å². The summed E-state index contributed by atoms with van der Waals surface area (Å²) in [6.45, 7) is 2.78. The van der Waals surface area contributed by atoms with E-state index in [9.17, 15) is 4.79 Å². The zero-order valence-corrected chi connectivity index (χ0v) is 14.8. The average Bonchev–Trinajstić information content (AvgIpc) is 2.93. The van der Waals surface area contributed by atoms with Gasteiger partial charge in [-0.25, -0.2) is 0 Å². The number of piperidine rings is 1. The highest BCUT2D eigenvalue weighted by Crippen LogP contribution is 2.31. The van der Waals surface area contributed by atoms with Crippen molar-refractivity contribution in [1.29, 1.82) is 0 Å². The van der Waals surface area contributed by atoms with Gasteiger partial charge >= 0.3 is 0 Å². The molecule has 1 atom stereocenters. The second kappa shape index (κ2) is 7.68. The Labute approximate surface area is 153 Å². The number of fused-ring (bicyclic) bond motifs is 1. The van der Waals surface area contributed by atoms with Crippen LogP contribution < -0.4 is 14.8 Å². The molecule has 0 spiro atoms. The van der Waals surface area contributed by atoms with Crippen molar-refractivity contribution < 1.29 is 14.3 Å². The van der Waals surface area contributed by atoms with Gasteiger partial charge < -0.3 is 19.7 Å². The minimum absolute atomic E-state index is 0.0557. The standard InChI is InChI=1S/C21H24N2O3/c24-21(16-9-10-19-20(14-16)26-13-5-12-25-19)23-11-4-8-18(15-23)22-17-6-2-1-3-7-17/h1-3,6-7,9-10,14,18,22H,4-5,8,11-13,15H2. The molecule has 1 amide bonds. The van der Waals surface area contributed by atoms with Crippen LogP contribution in [0.1, 0.15) is 29.6 Å². The SMILES string of the molecule is O=C(c1ccc2c(c1)OCCCO2)N1CCCC(Nc2ccccc2)C1. The average molecular weight is 352 g/mol. The highest BCUT2D eigenvalue weighted by molar-refractivity contribution is 5.95. The first-order chi connectivity index (χ1) is 12.8. The molecule has 0 bridgehead atoms. The lowest BCUT2D eigenvalue weighted by atomic mass is 10.0. The molecule has 2 aromatic carbocycles. The molecule has 5 nitrogen and oxygen atoms in total. The van der Waals surface area contributed by atoms with E-state index in [0.29, 0.717) is 31.1 Å². The van der Waals surface area contributed by atoms with Gasteiger partial charge in [0.2, 0.25) is 0 Å². The molecule has 26 heavy (non-hydrogen) atoms. The molecular weight excluding hydrogens is 328 g/mol. The first-order valence-corrected chi connectivity index (χ1v) is 9.30. The van der Waals surface area contributed by atoms with Gasteiger partial charge in [0.25, 0.3) is 5.91 Å². The van der Waals surface area contributed by atoms with Crippen LogP contribution in [0.4, 0.5) is 5.69 Å². The van der Waals surface area contributed by atoms with Crippen molar-refractivity contribution in [3.63, 3.8) is 0 Å². The largest absolute Gasteiger partial charge is 0.490 e. The van der Waals surface area contributed by atoms with Crippen molar-refractivity contribution in [2.45, 2.75) is 25.3 Å². The Kier molecular flexibility index (Phi) is 4.95. The number of hydrogen-bond donors (Lipinski definition) is 1. The fourth-order valence-electron chi connectivity index (χ4n) is 3.53. The number of nitrogens with one attached hydrogen (secondary N) is 1. The van der Waals surface area contributed by atoms with Crippen molar-refractivity contribution in [2.24, 2.45) is 0 Å². The van der Waals surface area contributed by atoms with Crippen LogP contribution in [0.15, 0.2) is 48.5 Å².